The average molecular weight is 348 g/mol. The van der Waals surface area contributed by atoms with Crippen LogP contribution in [0, 0.1) is 18.3 Å². The summed E-state index contributed by atoms with van der Waals surface area (Å²) >= 11 is 6.01. The molecule has 0 fully saturated rings. The Morgan fingerprint density at radius 2 is 1.84 bits per heavy atom. The van der Waals surface area contributed by atoms with E-state index in [4.69, 9.17) is 22.1 Å². The van der Waals surface area contributed by atoms with Gasteiger partial charge in [-0.15, -0.1) is 0 Å². The van der Waals surface area contributed by atoms with Gasteiger partial charge >= 0.3 is 0 Å². The van der Waals surface area contributed by atoms with Gasteiger partial charge in [0, 0.05) is 21.7 Å². The zero-order valence-electron chi connectivity index (χ0n) is 13.5. The van der Waals surface area contributed by atoms with Gasteiger partial charge < -0.3 is 10.5 Å². The first kappa shape index (κ1) is 15.5. The minimum absolute atomic E-state index is 0.116. The van der Waals surface area contributed by atoms with Gasteiger partial charge in [-0.3, -0.25) is 0 Å². The van der Waals surface area contributed by atoms with Crippen molar-refractivity contribution in [2.45, 2.75) is 12.8 Å². The van der Waals surface area contributed by atoms with Crippen molar-refractivity contribution in [1.29, 1.82) is 5.26 Å². The second kappa shape index (κ2) is 5.80. The highest BCUT2D eigenvalue weighted by atomic mass is 35.5. The lowest BCUT2D eigenvalue weighted by atomic mass is 9.83. The van der Waals surface area contributed by atoms with Crippen LogP contribution in [0.3, 0.4) is 0 Å². The molecule has 0 amide bonds. The van der Waals surface area contributed by atoms with E-state index in [1.165, 1.54) is 0 Å². The van der Waals surface area contributed by atoms with Gasteiger partial charge in [0.1, 0.15) is 17.2 Å². The van der Waals surface area contributed by atoms with Crippen molar-refractivity contribution in [3.8, 4) is 11.8 Å². The second-order valence-electron chi connectivity index (χ2n) is 5.98. The Labute approximate surface area is 150 Å². The number of fused-ring (bicyclic) bond motifs is 3. The molecular formula is C20H14ClN3O. The maximum absolute atomic E-state index is 9.62. The molecule has 0 spiro atoms. The Kier molecular flexibility index (Phi) is 3.60. The molecule has 0 saturated heterocycles. The van der Waals surface area contributed by atoms with Crippen molar-refractivity contribution in [2.75, 3.05) is 0 Å². The molecule has 4 nitrogen and oxygen atoms in total. The molecule has 122 valence electrons. The lowest BCUT2D eigenvalue weighted by Crippen LogP contribution is -2.21. The quantitative estimate of drug-likeness (QED) is 0.707. The summed E-state index contributed by atoms with van der Waals surface area (Å²) in [6.45, 7) is 1.93. The van der Waals surface area contributed by atoms with Gasteiger partial charge in [0.15, 0.2) is 5.75 Å². The van der Waals surface area contributed by atoms with Crippen LogP contribution in [0.15, 0.2) is 60.0 Å². The van der Waals surface area contributed by atoms with Gasteiger partial charge in [-0.1, -0.05) is 41.9 Å². The fourth-order valence-corrected chi connectivity index (χ4v) is 3.32. The Morgan fingerprint density at radius 1 is 1.12 bits per heavy atom. The number of hydrogen-bond donors (Lipinski definition) is 1. The molecule has 2 heterocycles. The highest BCUT2D eigenvalue weighted by molar-refractivity contribution is 6.30. The van der Waals surface area contributed by atoms with Crippen LogP contribution in [0.25, 0.3) is 10.9 Å². The summed E-state index contributed by atoms with van der Waals surface area (Å²) in [5, 5.41) is 11.2. The first-order valence-electron chi connectivity index (χ1n) is 7.82. The minimum atomic E-state index is -0.308. The lowest BCUT2D eigenvalue weighted by Gasteiger charge is -2.27. The number of pyridine rings is 1. The first-order valence-corrected chi connectivity index (χ1v) is 8.19. The number of rotatable bonds is 1. The number of allylic oxidation sites excluding steroid dienone is 1. The molecule has 3 aromatic rings. The molecule has 1 atom stereocenters. The van der Waals surface area contributed by atoms with Gasteiger partial charge in [-0.25, -0.2) is 4.98 Å². The predicted molar refractivity (Wildman–Crippen MR) is 97.2 cm³/mol. The van der Waals surface area contributed by atoms with Gasteiger partial charge in [0.25, 0.3) is 0 Å². The normalized spacial score (nSPS) is 16.3. The zero-order chi connectivity index (χ0) is 17.6. The Hall–Kier alpha value is -3.03. The van der Waals surface area contributed by atoms with E-state index in [0.29, 0.717) is 16.3 Å². The monoisotopic (exact) mass is 347 g/mol. The summed E-state index contributed by atoms with van der Waals surface area (Å²) in [5.74, 6) is 0.418. The van der Waals surface area contributed by atoms with Crippen molar-refractivity contribution < 1.29 is 4.74 Å². The van der Waals surface area contributed by atoms with Crippen LogP contribution < -0.4 is 10.5 Å². The molecule has 0 saturated carbocycles. The van der Waals surface area contributed by atoms with E-state index in [9.17, 15) is 5.26 Å². The summed E-state index contributed by atoms with van der Waals surface area (Å²) in [5.41, 5.74) is 9.90. The molecule has 25 heavy (non-hydrogen) atoms. The number of hydrogen-bond acceptors (Lipinski definition) is 4. The van der Waals surface area contributed by atoms with Gasteiger partial charge in [-0.05, 0) is 30.7 Å². The van der Waals surface area contributed by atoms with Crippen molar-refractivity contribution in [3.63, 3.8) is 0 Å². The molecule has 4 rings (SSSR count). The third-order valence-electron chi connectivity index (χ3n) is 4.39. The molecule has 1 aliphatic heterocycles. The SMILES string of the molecule is Cc1ccc2ccc3c(c2n1)OC(N)=C(C#N)C3c1ccc(Cl)cc1. The third-order valence-corrected chi connectivity index (χ3v) is 4.64. The fraction of sp³-hybridized carbons (Fsp3) is 0.100. The largest absolute Gasteiger partial charge is 0.438 e. The summed E-state index contributed by atoms with van der Waals surface area (Å²) in [6, 6.07) is 17.5. The van der Waals surface area contributed by atoms with Crippen molar-refractivity contribution in [2.24, 2.45) is 5.73 Å². The van der Waals surface area contributed by atoms with Crippen LogP contribution in [0.1, 0.15) is 22.7 Å². The van der Waals surface area contributed by atoms with Crippen molar-refractivity contribution in [1.82, 2.24) is 4.98 Å². The van der Waals surface area contributed by atoms with Crippen molar-refractivity contribution >= 4 is 22.5 Å². The van der Waals surface area contributed by atoms with E-state index >= 15 is 0 Å². The van der Waals surface area contributed by atoms with Gasteiger partial charge in [-0.2, -0.15) is 5.26 Å². The van der Waals surface area contributed by atoms with Gasteiger partial charge in [0.2, 0.25) is 5.88 Å². The maximum atomic E-state index is 9.62. The van der Waals surface area contributed by atoms with E-state index in [0.717, 1.165) is 27.7 Å². The predicted octanol–water partition coefficient (Wildman–Crippen LogP) is 4.41. The maximum Gasteiger partial charge on any atom is 0.205 e. The Bertz CT molecular complexity index is 1060. The lowest BCUT2D eigenvalue weighted by molar-refractivity contribution is 0.397. The topological polar surface area (TPSA) is 71.9 Å². The molecule has 0 aliphatic carbocycles. The molecule has 1 aromatic heterocycles. The van der Waals surface area contributed by atoms with Crippen LogP contribution in [0.5, 0.6) is 5.75 Å². The second-order valence-corrected chi connectivity index (χ2v) is 6.42. The highest BCUT2D eigenvalue weighted by Gasteiger charge is 2.32. The summed E-state index contributed by atoms with van der Waals surface area (Å²) in [7, 11) is 0. The molecule has 2 N–H and O–H groups in total. The van der Waals surface area contributed by atoms with Crippen LogP contribution in [0.2, 0.25) is 5.02 Å². The van der Waals surface area contributed by atoms with Gasteiger partial charge in [0.05, 0.1) is 5.92 Å². The molecule has 1 unspecified atom stereocenters. The van der Waals surface area contributed by atoms with E-state index in [2.05, 4.69) is 11.1 Å². The number of aromatic nitrogens is 1. The van der Waals surface area contributed by atoms with E-state index < -0.39 is 0 Å². The Morgan fingerprint density at radius 3 is 2.56 bits per heavy atom. The minimum Gasteiger partial charge on any atom is -0.438 e. The average Bonchev–Trinajstić information content (AvgIpc) is 2.61. The first-order chi connectivity index (χ1) is 12.1. The standard InChI is InChI=1S/C20H14ClN3O/c1-11-2-3-13-6-9-15-17(12-4-7-14(21)8-5-12)16(10-22)20(23)25-19(15)18(13)24-11/h2-9,17H,23H2,1H3. The van der Waals surface area contributed by atoms with E-state index in [1.54, 1.807) is 12.1 Å². The molecular weight excluding hydrogens is 334 g/mol. The Balaban J connectivity index is 2.01. The summed E-state index contributed by atoms with van der Waals surface area (Å²) in [4.78, 5) is 4.61. The molecule has 5 heteroatoms. The number of nitrogens with two attached hydrogens (primary N) is 1. The molecule has 2 aromatic carbocycles. The number of nitrogens with zero attached hydrogens (tertiary/aromatic N) is 2. The van der Waals surface area contributed by atoms with Crippen LogP contribution in [-0.2, 0) is 0 Å². The van der Waals surface area contributed by atoms with Crippen molar-refractivity contribution in [3.05, 3.63) is 81.8 Å². The van der Waals surface area contributed by atoms with Crippen LogP contribution in [-0.4, -0.2) is 4.98 Å². The number of nitriles is 1. The van der Waals surface area contributed by atoms with E-state index in [1.807, 2.05) is 43.3 Å². The number of ether oxygens (including phenoxy) is 1. The molecule has 0 bridgehead atoms. The zero-order valence-corrected chi connectivity index (χ0v) is 14.2. The fourth-order valence-electron chi connectivity index (χ4n) is 3.19. The number of halogens is 1. The molecule has 0 radical (unpaired) electrons. The number of benzene rings is 2. The highest BCUT2D eigenvalue weighted by Crippen LogP contribution is 2.44. The van der Waals surface area contributed by atoms with Crippen LogP contribution in [0.4, 0.5) is 0 Å². The molecule has 1 aliphatic rings. The van der Waals surface area contributed by atoms with Crippen LogP contribution >= 0.6 is 11.6 Å². The number of aryl methyl sites for hydroxylation is 1. The third kappa shape index (κ3) is 2.50. The smallest absolute Gasteiger partial charge is 0.205 e. The van der Waals surface area contributed by atoms with E-state index in [-0.39, 0.29) is 11.8 Å². The summed E-state index contributed by atoms with van der Waals surface area (Å²) in [6.07, 6.45) is 0. The summed E-state index contributed by atoms with van der Waals surface area (Å²) < 4.78 is 5.83.